The Balaban J connectivity index is 1.68. The first kappa shape index (κ1) is 19.7. The van der Waals surface area contributed by atoms with Crippen molar-refractivity contribution in [2.75, 3.05) is 5.32 Å². The van der Waals surface area contributed by atoms with Crippen LogP contribution in [0.5, 0.6) is 0 Å². The molecule has 0 atom stereocenters. The van der Waals surface area contributed by atoms with Crippen LogP contribution >= 0.6 is 0 Å². The van der Waals surface area contributed by atoms with Crippen molar-refractivity contribution in [1.29, 1.82) is 0 Å². The van der Waals surface area contributed by atoms with Gasteiger partial charge in [0, 0.05) is 24.1 Å². The molecule has 0 saturated carbocycles. The quantitative estimate of drug-likeness (QED) is 0.570. The SMILES string of the molecule is Cc1cccc(C)c1NC(=O)CCc1ccc(-c2ccccc2C(F)(F)F)o1. The van der Waals surface area contributed by atoms with Crippen molar-refractivity contribution in [3.05, 3.63) is 77.0 Å². The molecule has 0 aliphatic carbocycles. The van der Waals surface area contributed by atoms with Crippen LogP contribution in [-0.2, 0) is 17.4 Å². The van der Waals surface area contributed by atoms with Crippen LogP contribution in [0.25, 0.3) is 11.3 Å². The Labute approximate surface area is 161 Å². The molecule has 0 saturated heterocycles. The number of anilines is 1. The van der Waals surface area contributed by atoms with E-state index in [9.17, 15) is 18.0 Å². The van der Waals surface area contributed by atoms with Crippen molar-refractivity contribution in [3.8, 4) is 11.3 Å². The summed E-state index contributed by atoms with van der Waals surface area (Å²) in [6.07, 6.45) is -4.00. The number of benzene rings is 2. The van der Waals surface area contributed by atoms with Gasteiger partial charge in [0.05, 0.1) is 5.56 Å². The minimum atomic E-state index is -4.46. The van der Waals surface area contributed by atoms with E-state index in [2.05, 4.69) is 5.32 Å². The van der Waals surface area contributed by atoms with E-state index in [-0.39, 0.29) is 23.7 Å². The first-order chi connectivity index (χ1) is 13.3. The zero-order valence-corrected chi connectivity index (χ0v) is 15.6. The highest BCUT2D eigenvalue weighted by molar-refractivity contribution is 5.92. The van der Waals surface area contributed by atoms with E-state index < -0.39 is 11.7 Å². The Morgan fingerprint density at radius 3 is 2.32 bits per heavy atom. The highest BCUT2D eigenvalue weighted by Gasteiger charge is 2.34. The van der Waals surface area contributed by atoms with Gasteiger partial charge in [-0.1, -0.05) is 36.4 Å². The standard InChI is InChI=1S/C22H20F3NO2/c1-14-6-5-7-15(2)21(14)26-20(27)13-11-16-10-12-19(28-16)17-8-3-4-9-18(17)22(23,24)25/h3-10,12H,11,13H2,1-2H3,(H,26,27). The van der Waals surface area contributed by atoms with Crippen LogP contribution in [0.1, 0.15) is 28.9 Å². The summed E-state index contributed by atoms with van der Waals surface area (Å²) in [5.41, 5.74) is 1.96. The zero-order valence-electron chi connectivity index (χ0n) is 15.6. The molecule has 28 heavy (non-hydrogen) atoms. The van der Waals surface area contributed by atoms with Crippen molar-refractivity contribution in [2.24, 2.45) is 0 Å². The summed E-state index contributed by atoms with van der Waals surface area (Å²) in [5.74, 6) is 0.424. The summed E-state index contributed by atoms with van der Waals surface area (Å²) in [5, 5.41) is 2.89. The highest BCUT2D eigenvalue weighted by atomic mass is 19.4. The van der Waals surface area contributed by atoms with Crippen molar-refractivity contribution in [3.63, 3.8) is 0 Å². The number of rotatable bonds is 5. The number of carbonyl (C=O) groups excluding carboxylic acids is 1. The molecule has 6 heteroatoms. The third-order valence-corrected chi connectivity index (χ3v) is 4.50. The molecule has 3 rings (SSSR count). The fourth-order valence-electron chi connectivity index (χ4n) is 3.05. The summed E-state index contributed by atoms with van der Waals surface area (Å²) in [6.45, 7) is 3.83. The number of para-hydroxylation sites is 1. The molecule has 3 nitrogen and oxygen atoms in total. The van der Waals surface area contributed by atoms with Gasteiger partial charge in [-0.2, -0.15) is 13.2 Å². The number of alkyl halides is 3. The molecule has 2 aromatic carbocycles. The lowest BCUT2D eigenvalue weighted by Gasteiger charge is -2.11. The van der Waals surface area contributed by atoms with Crippen molar-refractivity contribution >= 4 is 11.6 Å². The number of carbonyl (C=O) groups is 1. The topological polar surface area (TPSA) is 42.2 Å². The molecular formula is C22H20F3NO2. The lowest BCUT2D eigenvalue weighted by Crippen LogP contribution is -2.14. The fraction of sp³-hybridized carbons (Fsp3) is 0.227. The van der Waals surface area contributed by atoms with Gasteiger partial charge in [-0.15, -0.1) is 0 Å². The lowest BCUT2D eigenvalue weighted by molar-refractivity contribution is -0.137. The molecule has 0 bridgehead atoms. The predicted molar refractivity (Wildman–Crippen MR) is 102 cm³/mol. The van der Waals surface area contributed by atoms with Gasteiger partial charge in [0.1, 0.15) is 11.5 Å². The van der Waals surface area contributed by atoms with Crippen LogP contribution in [0.4, 0.5) is 18.9 Å². The Morgan fingerprint density at radius 1 is 0.964 bits per heavy atom. The Morgan fingerprint density at radius 2 is 1.64 bits per heavy atom. The van der Waals surface area contributed by atoms with Crippen LogP contribution in [0.15, 0.2) is 59.0 Å². The van der Waals surface area contributed by atoms with Crippen molar-refractivity contribution in [1.82, 2.24) is 0 Å². The van der Waals surface area contributed by atoms with E-state index in [1.807, 2.05) is 32.0 Å². The molecule has 0 aliphatic heterocycles. The van der Waals surface area contributed by atoms with Gasteiger partial charge in [0.25, 0.3) is 0 Å². The smallest absolute Gasteiger partial charge is 0.417 e. The largest absolute Gasteiger partial charge is 0.461 e. The molecule has 1 heterocycles. The van der Waals surface area contributed by atoms with Crippen LogP contribution in [0, 0.1) is 13.8 Å². The van der Waals surface area contributed by atoms with Gasteiger partial charge in [-0.3, -0.25) is 4.79 Å². The van der Waals surface area contributed by atoms with Gasteiger partial charge in [0.15, 0.2) is 0 Å². The summed E-state index contributed by atoms with van der Waals surface area (Å²) < 4.78 is 45.1. The molecule has 0 fully saturated rings. The average Bonchev–Trinajstić information content (AvgIpc) is 3.11. The maximum Gasteiger partial charge on any atom is 0.417 e. The van der Waals surface area contributed by atoms with E-state index in [0.717, 1.165) is 22.9 Å². The average molecular weight is 387 g/mol. The van der Waals surface area contributed by atoms with Gasteiger partial charge in [-0.05, 0) is 43.2 Å². The van der Waals surface area contributed by atoms with Crippen LogP contribution in [0.2, 0.25) is 0 Å². The second-order valence-electron chi connectivity index (χ2n) is 6.62. The lowest BCUT2D eigenvalue weighted by atomic mass is 10.1. The van der Waals surface area contributed by atoms with Gasteiger partial charge in [0.2, 0.25) is 5.91 Å². The van der Waals surface area contributed by atoms with E-state index >= 15 is 0 Å². The van der Waals surface area contributed by atoms with E-state index in [1.165, 1.54) is 24.3 Å². The van der Waals surface area contributed by atoms with Gasteiger partial charge >= 0.3 is 6.18 Å². The van der Waals surface area contributed by atoms with E-state index in [1.54, 1.807) is 6.07 Å². The third-order valence-electron chi connectivity index (χ3n) is 4.50. The first-order valence-electron chi connectivity index (χ1n) is 8.87. The van der Waals surface area contributed by atoms with Crippen LogP contribution in [0.3, 0.4) is 0 Å². The number of hydrogen-bond donors (Lipinski definition) is 1. The summed E-state index contributed by atoms with van der Waals surface area (Å²) >= 11 is 0. The molecule has 1 amide bonds. The Kier molecular flexibility index (Phi) is 5.58. The Bertz CT molecular complexity index is 969. The number of halogens is 3. The monoisotopic (exact) mass is 387 g/mol. The Hall–Kier alpha value is -3.02. The molecule has 0 radical (unpaired) electrons. The third kappa shape index (κ3) is 4.44. The summed E-state index contributed by atoms with van der Waals surface area (Å²) in [7, 11) is 0. The van der Waals surface area contributed by atoms with Gasteiger partial charge in [-0.25, -0.2) is 0 Å². The molecule has 3 aromatic rings. The normalized spacial score (nSPS) is 11.5. The van der Waals surface area contributed by atoms with E-state index in [0.29, 0.717) is 12.2 Å². The maximum absolute atomic E-state index is 13.2. The number of aryl methyl sites for hydroxylation is 3. The van der Waals surface area contributed by atoms with Crippen molar-refractivity contribution < 1.29 is 22.4 Å². The first-order valence-corrected chi connectivity index (χ1v) is 8.87. The fourth-order valence-corrected chi connectivity index (χ4v) is 3.05. The minimum absolute atomic E-state index is 0.0127. The second-order valence-corrected chi connectivity index (χ2v) is 6.62. The number of nitrogens with one attached hydrogen (secondary N) is 1. The minimum Gasteiger partial charge on any atom is -0.461 e. The number of furan rings is 1. The van der Waals surface area contributed by atoms with Crippen LogP contribution < -0.4 is 5.32 Å². The highest BCUT2D eigenvalue weighted by Crippen LogP contribution is 2.37. The number of amides is 1. The molecule has 1 N–H and O–H groups in total. The summed E-state index contributed by atoms with van der Waals surface area (Å²) in [4.78, 5) is 12.3. The van der Waals surface area contributed by atoms with Crippen LogP contribution in [-0.4, -0.2) is 5.91 Å². The zero-order chi connectivity index (χ0) is 20.3. The predicted octanol–water partition coefficient (Wildman–Crippen LogP) is 6.15. The number of hydrogen-bond acceptors (Lipinski definition) is 2. The molecule has 0 unspecified atom stereocenters. The van der Waals surface area contributed by atoms with Crippen molar-refractivity contribution in [2.45, 2.75) is 32.9 Å². The molecular weight excluding hydrogens is 367 g/mol. The van der Waals surface area contributed by atoms with Gasteiger partial charge < -0.3 is 9.73 Å². The second kappa shape index (κ2) is 7.92. The summed E-state index contributed by atoms with van der Waals surface area (Å²) in [6, 6.07) is 14.1. The molecule has 1 aromatic heterocycles. The molecule has 146 valence electrons. The maximum atomic E-state index is 13.2. The molecule has 0 spiro atoms. The molecule has 0 aliphatic rings. The van der Waals surface area contributed by atoms with E-state index in [4.69, 9.17) is 4.42 Å².